The highest BCUT2D eigenvalue weighted by molar-refractivity contribution is 7.53. The number of hydrogen-bond donors (Lipinski definition) is 0. The molecule has 0 spiro atoms. The Hall–Kier alpha value is -2.33. The normalized spacial score (nSPS) is 11.9. The van der Waals surface area contributed by atoms with Crippen LogP contribution in [0.2, 0.25) is 5.02 Å². The molecule has 2 aromatic carbocycles. The van der Waals surface area contributed by atoms with Gasteiger partial charge in [0.05, 0.1) is 15.5 Å². The fourth-order valence-corrected chi connectivity index (χ4v) is 2.92. The Labute approximate surface area is 167 Å². The van der Waals surface area contributed by atoms with Gasteiger partial charge in [-0.2, -0.15) is 13.2 Å². The maximum absolute atomic E-state index is 12.7. The number of alkyl halides is 3. The van der Waals surface area contributed by atoms with Gasteiger partial charge in [-0.05, 0) is 24.3 Å². The minimum atomic E-state index is -4.58. The average molecular weight is 456 g/mol. The Bertz CT molecular complexity index is 947. The number of rotatable bonds is 8. The van der Waals surface area contributed by atoms with Crippen molar-refractivity contribution in [3.05, 3.63) is 57.1 Å². The van der Waals surface area contributed by atoms with E-state index in [4.69, 9.17) is 21.1 Å². The standard InChI is InChI=1S/C16H14ClF3NO7P/c1-25-29(24,26-2)9-27-15-8-11(4-5-13(15)21(22)23)28-14-6-3-10(7-12(14)17)16(18,19)20/h3-8H,9H2,1-2H3. The first kappa shape index (κ1) is 23.0. The molecule has 2 aromatic rings. The molecule has 0 saturated heterocycles. The van der Waals surface area contributed by atoms with Gasteiger partial charge >= 0.3 is 19.5 Å². The number of nitro benzene ring substituents is 1. The van der Waals surface area contributed by atoms with Crippen LogP contribution in [0.15, 0.2) is 36.4 Å². The van der Waals surface area contributed by atoms with Crippen molar-refractivity contribution in [2.24, 2.45) is 0 Å². The summed E-state index contributed by atoms with van der Waals surface area (Å²) >= 11 is 5.83. The van der Waals surface area contributed by atoms with Crippen molar-refractivity contribution in [3.8, 4) is 17.2 Å². The third kappa shape index (κ3) is 5.83. The second kappa shape index (κ2) is 9.00. The van der Waals surface area contributed by atoms with E-state index in [0.717, 1.165) is 38.5 Å². The highest BCUT2D eigenvalue weighted by Gasteiger charge is 2.31. The summed E-state index contributed by atoms with van der Waals surface area (Å²) in [5.74, 6) is -0.444. The predicted octanol–water partition coefficient (Wildman–Crippen LogP) is 5.88. The summed E-state index contributed by atoms with van der Waals surface area (Å²) in [5.41, 5.74) is -1.42. The van der Waals surface area contributed by atoms with Gasteiger partial charge in [0.1, 0.15) is 11.5 Å². The molecule has 0 amide bonds. The smallest absolute Gasteiger partial charge is 0.416 e. The van der Waals surface area contributed by atoms with Crippen LogP contribution < -0.4 is 9.47 Å². The van der Waals surface area contributed by atoms with Gasteiger partial charge in [-0.3, -0.25) is 14.7 Å². The van der Waals surface area contributed by atoms with Crippen molar-refractivity contribution in [1.82, 2.24) is 0 Å². The lowest BCUT2D eigenvalue weighted by molar-refractivity contribution is -0.385. The van der Waals surface area contributed by atoms with Gasteiger partial charge in [-0.1, -0.05) is 11.6 Å². The van der Waals surface area contributed by atoms with Crippen LogP contribution in [0.3, 0.4) is 0 Å². The number of nitro groups is 1. The average Bonchev–Trinajstić information content (AvgIpc) is 2.66. The van der Waals surface area contributed by atoms with Gasteiger partial charge < -0.3 is 18.5 Å². The molecule has 2 rings (SSSR count). The first-order chi connectivity index (χ1) is 13.5. The largest absolute Gasteiger partial charge is 0.474 e. The SMILES string of the molecule is COP(=O)(COc1cc(Oc2ccc(C(F)(F)F)cc2Cl)ccc1[N+](=O)[O-])OC. The van der Waals surface area contributed by atoms with Crippen molar-refractivity contribution in [2.75, 3.05) is 20.6 Å². The van der Waals surface area contributed by atoms with Crippen LogP contribution in [0, 0.1) is 10.1 Å². The first-order valence-corrected chi connectivity index (χ1v) is 9.76. The quantitative estimate of drug-likeness (QED) is 0.278. The molecule has 8 nitrogen and oxygen atoms in total. The molecule has 0 aliphatic heterocycles. The summed E-state index contributed by atoms with van der Waals surface area (Å²) in [5, 5.41) is 10.9. The Balaban J connectivity index is 2.31. The molecule has 29 heavy (non-hydrogen) atoms. The van der Waals surface area contributed by atoms with E-state index < -0.39 is 36.3 Å². The van der Waals surface area contributed by atoms with Crippen LogP contribution in [0.1, 0.15) is 5.56 Å². The minimum Gasteiger partial charge on any atom is -0.474 e. The number of halogens is 4. The van der Waals surface area contributed by atoms with Crippen LogP contribution in [-0.4, -0.2) is 25.5 Å². The van der Waals surface area contributed by atoms with Crippen molar-refractivity contribution in [3.63, 3.8) is 0 Å². The van der Waals surface area contributed by atoms with Crippen molar-refractivity contribution < 1.29 is 41.2 Å². The Morgan fingerprint density at radius 3 is 2.28 bits per heavy atom. The third-order valence-electron chi connectivity index (χ3n) is 3.55. The Morgan fingerprint density at radius 1 is 1.10 bits per heavy atom. The van der Waals surface area contributed by atoms with E-state index in [0.29, 0.717) is 6.07 Å². The molecule has 0 unspecified atom stereocenters. The molecule has 0 fully saturated rings. The van der Waals surface area contributed by atoms with Gasteiger partial charge in [-0.15, -0.1) is 0 Å². The van der Waals surface area contributed by atoms with Gasteiger partial charge in [0.25, 0.3) is 0 Å². The second-order valence-corrected chi connectivity index (χ2v) is 8.00. The van der Waals surface area contributed by atoms with Crippen molar-refractivity contribution >= 4 is 24.9 Å². The highest BCUT2D eigenvalue weighted by atomic mass is 35.5. The second-order valence-electron chi connectivity index (χ2n) is 5.38. The summed E-state index contributed by atoms with van der Waals surface area (Å²) in [6.07, 6.45) is -5.20. The van der Waals surface area contributed by atoms with Crippen LogP contribution in [0.25, 0.3) is 0 Å². The molecular weight excluding hydrogens is 442 g/mol. The number of benzene rings is 2. The van der Waals surface area contributed by atoms with E-state index in [9.17, 15) is 27.9 Å². The molecule has 0 aliphatic carbocycles. The number of hydrogen-bond acceptors (Lipinski definition) is 7. The number of nitrogens with zero attached hydrogens (tertiary/aromatic N) is 1. The lowest BCUT2D eigenvalue weighted by Gasteiger charge is -2.15. The number of ether oxygens (including phenoxy) is 2. The molecule has 0 aromatic heterocycles. The summed E-state index contributed by atoms with van der Waals surface area (Å²) < 4.78 is 70.2. The first-order valence-electron chi connectivity index (χ1n) is 7.65. The zero-order valence-corrected chi connectivity index (χ0v) is 16.6. The summed E-state index contributed by atoms with van der Waals surface area (Å²) in [6.45, 7) is 0. The molecule has 13 heteroatoms. The molecular formula is C16H14ClF3NO7P. The molecule has 0 saturated carbocycles. The van der Waals surface area contributed by atoms with E-state index in [1.165, 1.54) is 6.07 Å². The molecule has 0 N–H and O–H groups in total. The molecule has 0 bridgehead atoms. The molecule has 0 heterocycles. The predicted molar refractivity (Wildman–Crippen MR) is 96.7 cm³/mol. The maximum atomic E-state index is 12.7. The van der Waals surface area contributed by atoms with Crippen molar-refractivity contribution in [1.29, 1.82) is 0 Å². The van der Waals surface area contributed by atoms with E-state index in [-0.39, 0.29) is 22.3 Å². The summed E-state index contributed by atoms with van der Waals surface area (Å²) in [7, 11) is -1.38. The van der Waals surface area contributed by atoms with E-state index in [1.807, 2.05) is 0 Å². The molecule has 158 valence electrons. The summed E-state index contributed by atoms with van der Waals surface area (Å²) in [4.78, 5) is 10.4. The van der Waals surface area contributed by atoms with E-state index in [1.54, 1.807) is 0 Å². The fourth-order valence-electron chi connectivity index (χ4n) is 2.04. The fraction of sp³-hybridized carbons (Fsp3) is 0.250. The highest BCUT2D eigenvalue weighted by Crippen LogP contribution is 2.47. The van der Waals surface area contributed by atoms with Crippen LogP contribution in [0.4, 0.5) is 18.9 Å². The topological polar surface area (TPSA) is 97.1 Å². The zero-order valence-electron chi connectivity index (χ0n) is 14.9. The van der Waals surface area contributed by atoms with Crippen LogP contribution >= 0.6 is 19.2 Å². The van der Waals surface area contributed by atoms with Gasteiger partial charge in [0.15, 0.2) is 6.35 Å². The zero-order chi connectivity index (χ0) is 21.8. The summed E-state index contributed by atoms with van der Waals surface area (Å²) in [6, 6.07) is 5.82. The van der Waals surface area contributed by atoms with Crippen LogP contribution in [0.5, 0.6) is 17.2 Å². The molecule has 0 radical (unpaired) electrons. The third-order valence-corrected chi connectivity index (χ3v) is 5.40. The molecule has 0 atom stereocenters. The maximum Gasteiger partial charge on any atom is 0.416 e. The van der Waals surface area contributed by atoms with Gasteiger partial charge in [0, 0.05) is 26.4 Å². The van der Waals surface area contributed by atoms with E-state index >= 15 is 0 Å². The van der Waals surface area contributed by atoms with Gasteiger partial charge in [0.2, 0.25) is 5.75 Å². The molecule has 0 aliphatic rings. The lowest BCUT2D eigenvalue weighted by atomic mass is 10.2. The lowest BCUT2D eigenvalue weighted by Crippen LogP contribution is -2.05. The van der Waals surface area contributed by atoms with Crippen molar-refractivity contribution in [2.45, 2.75) is 6.18 Å². The van der Waals surface area contributed by atoms with E-state index in [2.05, 4.69) is 9.05 Å². The van der Waals surface area contributed by atoms with Gasteiger partial charge in [-0.25, -0.2) is 0 Å². The Kier molecular flexibility index (Phi) is 7.12. The van der Waals surface area contributed by atoms with Crippen LogP contribution in [-0.2, 0) is 19.8 Å². The minimum absolute atomic E-state index is 0.0167. The monoisotopic (exact) mass is 455 g/mol. The Morgan fingerprint density at radius 2 is 1.76 bits per heavy atom.